The molecule has 21 heavy (non-hydrogen) atoms. The number of anilines is 1. The van der Waals surface area contributed by atoms with E-state index in [-0.39, 0.29) is 5.69 Å². The average Bonchev–Trinajstić information content (AvgIpc) is 2.88. The lowest BCUT2D eigenvalue weighted by atomic mass is 10.00. The fourth-order valence-electron chi connectivity index (χ4n) is 2.69. The fourth-order valence-corrected chi connectivity index (χ4v) is 2.69. The van der Waals surface area contributed by atoms with Gasteiger partial charge in [-0.25, -0.2) is 14.3 Å². The predicted octanol–water partition coefficient (Wildman–Crippen LogP) is 2.42. The van der Waals surface area contributed by atoms with Crippen molar-refractivity contribution < 1.29 is 0 Å². The first-order valence-corrected chi connectivity index (χ1v) is 6.59. The molecule has 2 heterocycles. The molecule has 102 valence electrons. The smallest absolute Gasteiger partial charge is 0.348 e. The molecule has 4 aromatic rings. The molecule has 0 saturated carbocycles. The summed E-state index contributed by atoms with van der Waals surface area (Å²) in [6.07, 6.45) is 0. The first-order valence-electron chi connectivity index (χ1n) is 6.59. The van der Waals surface area contributed by atoms with Gasteiger partial charge in [-0.15, -0.1) is 0 Å². The van der Waals surface area contributed by atoms with E-state index in [9.17, 15) is 4.79 Å². The van der Waals surface area contributed by atoms with Gasteiger partial charge in [0.05, 0.1) is 5.52 Å². The van der Waals surface area contributed by atoms with Crippen molar-refractivity contribution in [1.82, 2.24) is 14.6 Å². The van der Waals surface area contributed by atoms with Crippen LogP contribution in [0.25, 0.3) is 27.7 Å². The van der Waals surface area contributed by atoms with E-state index in [4.69, 9.17) is 5.73 Å². The van der Waals surface area contributed by atoms with Crippen LogP contribution in [0.3, 0.4) is 0 Å². The molecule has 0 radical (unpaired) electrons. The summed E-state index contributed by atoms with van der Waals surface area (Å²) in [5.74, 6) is 0. The van der Waals surface area contributed by atoms with Crippen molar-refractivity contribution >= 4 is 22.2 Å². The molecule has 0 spiro atoms. The minimum absolute atomic E-state index is 0.236. The van der Waals surface area contributed by atoms with Gasteiger partial charge in [-0.1, -0.05) is 24.3 Å². The van der Waals surface area contributed by atoms with Gasteiger partial charge in [-0.2, -0.15) is 5.10 Å². The van der Waals surface area contributed by atoms with Gasteiger partial charge in [0.2, 0.25) is 0 Å². The average molecular weight is 276 g/mol. The van der Waals surface area contributed by atoms with Crippen molar-refractivity contribution in [2.24, 2.45) is 0 Å². The molecule has 0 saturated heterocycles. The highest BCUT2D eigenvalue weighted by Crippen LogP contribution is 2.29. The highest BCUT2D eigenvalue weighted by atomic mass is 16.1. The molecule has 2 aromatic carbocycles. The molecule has 2 aromatic heterocycles. The minimum atomic E-state index is -0.236. The number of rotatable bonds is 1. The van der Waals surface area contributed by atoms with E-state index in [0.29, 0.717) is 11.3 Å². The molecule has 0 aliphatic carbocycles. The van der Waals surface area contributed by atoms with Crippen molar-refractivity contribution in [1.29, 1.82) is 0 Å². The van der Waals surface area contributed by atoms with Crippen molar-refractivity contribution in [2.75, 3.05) is 5.73 Å². The largest absolute Gasteiger partial charge is 0.399 e. The summed E-state index contributed by atoms with van der Waals surface area (Å²) in [7, 11) is 0. The van der Waals surface area contributed by atoms with E-state index in [1.165, 1.54) is 0 Å². The topological polar surface area (TPSA) is 76.2 Å². The summed E-state index contributed by atoms with van der Waals surface area (Å²) in [6.45, 7) is 0. The maximum Gasteiger partial charge on any atom is 0.348 e. The first-order chi connectivity index (χ1) is 10.2. The number of nitrogen functional groups attached to an aromatic ring is 1. The van der Waals surface area contributed by atoms with E-state index in [2.05, 4.69) is 10.2 Å². The van der Waals surface area contributed by atoms with Gasteiger partial charge < -0.3 is 5.73 Å². The lowest BCUT2D eigenvalue weighted by Crippen LogP contribution is -2.09. The monoisotopic (exact) mass is 276 g/mol. The zero-order chi connectivity index (χ0) is 14.4. The number of hydrogen-bond donors (Lipinski definition) is 2. The number of benzene rings is 2. The number of pyridine rings is 1. The van der Waals surface area contributed by atoms with Crippen LogP contribution in [0.15, 0.2) is 59.4 Å². The second-order valence-electron chi connectivity index (χ2n) is 4.92. The number of nitrogens with two attached hydrogens (primary N) is 1. The maximum atomic E-state index is 11.9. The van der Waals surface area contributed by atoms with Crippen molar-refractivity contribution in [2.45, 2.75) is 0 Å². The van der Waals surface area contributed by atoms with Crippen LogP contribution in [0.5, 0.6) is 0 Å². The first kappa shape index (κ1) is 11.7. The maximum absolute atomic E-state index is 11.9. The number of nitrogens with zero attached hydrogens (tertiary/aromatic N) is 2. The minimum Gasteiger partial charge on any atom is -0.399 e. The third kappa shape index (κ3) is 1.71. The molecule has 3 N–H and O–H groups in total. The Kier molecular flexibility index (Phi) is 2.35. The van der Waals surface area contributed by atoms with E-state index in [0.717, 1.165) is 22.0 Å². The van der Waals surface area contributed by atoms with E-state index in [1.54, 1.807) is 4.40 Å². The highest BCUT2D eigenvalue weighted by molar-refractivity contribution is 5.96. The molecule has 5 nitrogen and oxygen atoms in total. The molecule has 0 aliphatic heterocycles. The Morgan fingerprint density at radius 1 is 1.05 bits per heavy atom. The quantitative estimate of drug-likeness (QED) is 0.524. The lowest BCUT2D eigenvalue weighted by Gasteiger charge is -2.08. The highest BCUT2D eigenvalue weighted by Gasteiger charge is 2.09. The Morgan fingerprint density at radius 3 is 2.76 bits per heavy atom. The van der Waals surface area contributed by atoms with Crippen LogP contribution in [0.4, 0.5) is 5.69 Å². The second kappa shape index (κ2) is 4.21. The van der Waals surface area contributed by atoms with Gasteiger partial charge in [0.15, 0.2) is 5.65 Å². The summed E-state index contributed by atoms with van der Waals surface area (Å²) in [4.78, 5) is 11.9. The van der Waals surface area contributed by atoms with Crippen LogP contribution in [0.2, 0.25) is 0 Å². The standard InChI is InChI=1S/C16H12N4O/c17-11-4-1-3-10(9-11)12-5-2-6-14-13(12)7-8-15-18-19-16(21)20(14)15/h1-9H,17H2,(H,19,21). The van der Waals surface area contributed by atoms with Crippen molar-refractivity contribution in [3.05, 3.63) is 65.1 Å². The Bertz CT molecular complexity index is 1030. The molecular formula is C16H12N4O. The van der Waals surface area contributed by atoms with Gasteiger partial charge in [0.1, 0.15) is 0 Å². The molecule has 0 amide bonds. The van der Waals surface area contributed by atoms with Crippen LogP contribution in [-0.2, 0) is 0 Å². The lowest BCUT2D eigenvalue weighted by molar-refractivity contribution is 1.04. The molecule has 0 atom stereocenters. The second-order valence-corrected chi connectivity index (χ2v) is 4.92. The van der Waals surface area contributed by atoms with Gasteiger partial charge in [0.25, 0.3) is 0 Å². The SMILES string of the molecule is Nc1cccc(-c2cccc3c2ccc2n[nH]c(=O)n23)c1. The Labute approximate surface area is 119 Å². The van der Waals surface area contributed by atoms with Crippen LogP contribution >= 0.6 is 0 Å². The fraction of sp³-hybridized carbons (Fsp3) is 0. The van der Waals surface area contributed by atoms with E-state index >= 15 is 0 Å². The molecule has 4 rings (SSSR count). The van der Waals surface area contributed by atoms with Gasteiger partial charge in [-0.3, -0.25) is 0 Å². The number of H-pyrrole nitrogens is 1. The summed E-state index contributed by atoms with van der Waals surface area (Å²) in [5, 5.41) is 7.45. The Hall–Kier alpha value is -3.08. The zero-order valence-corrected chi connectivity index (χ0v) is 11.1. The summed E-state index contributed by atoms with van der Waals surface area (Å²) in [6, 6.07) is 17.4. The number of aromatic nitrogens is 3. The Balaban J connectivity index is 2.14. The van der Waals surface area contributed by atoms with Crippen molar-refractivity contribution in [3.63, 3.8) is 0 Å². The number of fused-ring (bicyclic) bond motifs is 3. The molecule has 0 unspecified atom stereocenters. The molecule has 5 heteroatoms. The predicted molar refractivity (Wildman–Crippen MR) is 83.2 cm³/mol. The van der Waals surface area contributed by atoms with Gasteiger partial charge >= 0.3 is 5.69 Å². The summed E-state index contributed by atoms with van der Waals surface area (Å²) >= 11 is 0. The van der Waals surface area contributed by atoms with Crippen LogP contribution < -0.4 is 11.4 Å². The van der Waals surface area contributed by atoms with Crippen LogP contribution in [0, 0.1) is 0 Å². The van der Waals surface area contributed by atoms with E-state index < -0.39 is 0 Å². The summed E-state index contributed by atoms with van der Waals surface area (Å²) in [5.41, 5.74) is 9.84. The normalized spacial score (nSPS) is 11.2. The van der Waals surface area contributed by atoms with Crippen LogP contribution in [-0.4, -0.2) is 14.6 Å². The summed E-state index contributed by atoms with van der Waals surface area (Å²) < 4.78 is 1.57. The number of nitrogens with one attached hydrogen (secondary N) is 1. The third-order valence-corrected chi connectivity index (χ3v) is 3.62. The Morgan fingerprint density at radius 2 is 1.90 bits per heavy atom. The number of aromatic amines is 1. The van der Waals surface area contributed by atoms with Crippen LogP contribution in [0.1, 0.15) is 0 Å². The van der Waals surface area contributed by atoms with Gasteiger partial charge in [-0.05, 0) is 41.5 Å². The van der Waals surface area contributed by atoms with E-state index in [1.807, 2.05) is 54.6 Å². The van der Waals surface area contributed by atoms with Gasteiger partial charge in [0, 0.05) is 11.1 Å². The molecule has 0 bridgehead atoms. The third-order valence-electron chi connectivity index (χ3n) is 3.62. The molecule has 0 aliphatic rings. The zero-order valence-electron chi connectivity index (χ0n) is 11.1. The van der Waals surface area contributed by atoms with Crippen molar-refractivity contribution in [3.8, 4) is 11.1 Å². The number of hydrogen-bond acceptors (Lipinski definition) is 3. The molecule has 0 fully saturated rings. The molecular weight excluding hydrogens is 264 g/mol.